The molecular weight excluding hydrogens is 376 g/mol. The molecule has 0 spiro atoms. The van der Waals surface area contributed by atoms with Gasteiger partial charge in [0.2, 0.25) is 0 Å². The summed E-state index contributed by atoms with van der Waals surface area (Å²) in [4.78, 5) is 0. The Hall–Kier alpha value is -0.610. The lowest BCUT2D eigenvalue weighted by atomic mass is 9.98. The van der Waals surface area contributed by atoms with Crippen LogP contribution in [0.25, 0.3) is 0 Å². The fraction of sp³-hybridized carbons (Fsp3) is 0.250. The van der Waals surface area contributed by atoms with Crippen LogP contribution in [-0.2, 0) is 6.42 Å². The van der Waals surface area contributed by atoms with E-state index in [1.807, 2.05) is 25.1 Å². The fourth-order valence-electron chi connectivity index (χ4n) is 2.26. The van der Waals surface area contributed by atoms with Crippen molar-refractivity contribution in [1.29, 1.82) is 0 Å². The molecule has 0 fully saturated rings. The van der Waals surface area contributed by atoms with E-state index in [9.17, 15) is 4.39 Å². The summed E-state index contributed by atoms with van der Waals surface area (Å²) >= 11 is 15.4. The number of halogens is 4. The van der Waals surface area contributed by atoms with E-state index in [2.05, 4.69) is 21.2 Å². The number of hydrogen-bond donors (Lipinski definition) is 1. The molecule has 0 aliphatic heterocycles. The van der Waals surface area contributed by atoms with Crippen molar-refractivity contribution in [2.75, 3.05) is 6.54 Å². The number of rotatable bonds is 5. The summed E-state index contributed by atoms with van der Waals surface area (Å²) in [6, 6.07) is 10.7. The van der Waals surface area contributed by atoms with Crippen LogP contribution >= 0.6 is 39.1 Å². The van der Waals surface area contributed by atoms with E-state index in [0.29, 0.717) is 17.0 Å². The van der Waals surface area contributed by atoms with Gasteiger partial charge in [0.25, 0.3) is 0 Å². The SMILES string of the molecule is CCNC(Cc1cccc(Cl)c1F)c1cc(Cl)cc(Br)c1. The fourth-order valence-corrected chi connectivity index (χ4v) is 3.34. The van der Waals surface area contributed by atoms with Crippen molar-refractivity contribution >= 4 is 39.1 Å². The van der Waals surface area contributed by atoms with Gasteiger partial charge in [0.1, 0.15) is 5.82 Å². The third-order valence-electron chi connectivity index (χ3n) is 3.19. The Morgan fingerprint density at radius 3 is 2.67 bits per heavy atom. The van der Waals surface area contributed by atoms with Crippen molar-refractivity contribution in [1.82, 2.24) is 5.32 Å². The summed E-state index contributed by atoms with van der Waals surface area (Å²) in [5.41, 5.74) is 1.60. The first-order valence-corrected chi connectivity index (χ1v) is 8.18. The predicted octanol–water partition coefficient (Wildman–Crippen LogP) is 5.79. The lowest BCUT2D eigenvalue weighted by molar-refractivity contribution is 0.528. The maximum absolute atomic E-state index is 14.1. The molecule has 21 heavy (non-hydrogen) atoms. The molecule has 0 radical (unpaired) electrons. The highest BCUT2D eigenvalue weighted by molar-refractivity contribution is 9.10. The number of hydrogen-bond acceptors (Lipinski definition) is 1. The van der Waals surface area contributed by atoms with Crippen LogP contribution in [0.4, 0.5) is 4.39 Å². The van der Waals surface area contributed by atoms with Crippen molar-refractivity contribution in [2.45, 2.75) is 19.4 Å². The third kappa shape index (κ3) is 4.43. The summed E-state index contributed by atoms with van der Waals surface area (Å²) in [6.07, 6.45) is 0.507. The van der Waals surface area contributed by atoms with Crippen LogP contribution in [0.5, 0.6) is 0 Å². The molecule has 1 unspecified atom stereocenters. The highest BCUT2D eigenvalue weighted by atomic mass is 79.9. The van der Waals surface area contributed by atoms with E-state index in [1.165, 1.54) is 0 Å². The topological polar surface area (TPSA) is 12.0 Å². The van der Waals surface area contributed by atoms with E-state index >= 15 is 0 Å². The van der Waals surface area contributed by atoms with Crippen LogP contribution in [0.15, 0.2) is 40.9 Å². The molecule has 0 amide bonds. The second-order valence-corrected chi connectivity index (χ2v) is 6.49. The van der Waals surface area contributed by atoms with Gasteiger partial charge in [-0.2, -0.15) is 0 Å². The molecule has 0 heterocycles. The smallest absolute Gasteiger partial charge is 0.145 e. The Morgan fingerprint density at radius 1 is 1.24 bits per heavy atom. The largest absolute Gasteiger partial charge is 0.310 e. The van der Waals surface area contributed by atoms with Gasteiger partial charge in [-0.3, -0.25) is 0 Å². The molecule has 2 aromatic rings. The van der Waals surface area contributed by atoms with Gasteiger partial charge < -0.3 is 5.32 Å². The Bertz CT molecular complexity index is 613. The number of benzene rings is 2. The van der Waals surface area contributed by atoms with Gasteiger partial charge in [-0.15, -0.1) is 0 Å². The molecule has 0 aromatic heterocycles. The first-order valence-electron chi connectivity index (χ1n) is 6.63. The summed E-state index contributed by atoms with van der Waals surface area (Å²) < 4.78 is 15.0. The number of nitrogens with one attached hydrogen (secondary N) is 1. The van der Waals surface area contributed by atoms with Crippen molar-refractivity contribution in [3.05, 3.63) is 67.9 Å². The average molecular weight is 391 g/mol. The van der Waals surface area contributed by atoms with Crippen molar-refractivity contribution in [3.8, 4) is 0 Å². The highest BCUT2D eigenvalue weighted by Gasteiger charge is 2.16. The van der Waals surface area contributed by atoms with Gasteiger partial charge in [0, 0.05) is 15.5 Å². The molecule has 2 rings (SSSR count). The second-order valence-electron chi connectivity index (χ2n) is 4.73. The van der Waals surface area contributed by atoms with E-state index < -0.39 is 0 Å². The Labute approximate surface area is 142 Å². The van der Waals surface area contributed by atoms with Crippen molar-refractivity contribution < 1.29 is 4.39 Å². The normalized spacial score (nSPS) is 12.4. The maximum Gasteiger partial charge on any atom is 0.145 e. The quantitative estimate of drug-likeness (QED) is 0.681. The van der Waals surface area contributed by atoms with Gasteiger partial charge in [-0.1, -0.05) is 58.2 Å². The van der Waals surface area contributed by atoms with Gasteiger partial charge >= 0.3 is 0 Å². The lowest BCUT2D eigenvalue weighted by Gasteiger charge is -2.20. The minimum absolute atomic E-state index is 0.0297. The molecule has 1 N–H and O–H groups in total. The van der Waals surface area contributed by atoms with Crippen LogP contribution in [-0.4, -0.2) is 6.54 Å². The van der Waals surface area contributed by atoms with Gasteiger partial charge in [-0.05, 0) is 48.4 Å². The molecule has 1 nitrogen and oxygen atoms in total. The predicted molar refractivity (Wildman–Crippen MR) is 90.7 cm³/mol. The zero-order chi connectivity index (χ0) is 15.4. The molecule has 5 heteroatoms. The molecule has 0 bridgehead atoms. The highest BCUT2D eigenvalue weighted by Crippen LogP contribution is 2.28. The van der Waals surface area contributed by atoms with Gasteiger partial charge in [0.15, 0.2) is 0 Å². The Balaban J connectivity index is 2.32. The van der Waals surface area contributed by atoms with Gasteiger partial charge in [-0.25, -0.2) is 4.39 Å². The van der Waals surface area contributed by atoms with E-state index in [4.69, 9.17) is 23.2 Å². The Morgan fingerprint density at radius 2 is 2.00 bits per heavy atom. The van der Waals surface area contributed by atoms with Gasteiger partial charge in [0.05, 0.1) is 5.02 Å². The summed E-state index contributed by atoms with van der Waals surface area (Å²) in [5.74, 6) is -0.358. The summed E-state index contributed by atoms with van der Waals surface area (Å²) in [5, 5.41) is 4.15. The Kier molecular flexibility index (Phi) is 6.06. The molecule has 2 aromatic carbocycles. The first kappa shape index (κ1) is 16.8. The van der Waals surface area contributed by atoms with Crippen molar-refractivity contribution in [3.63, 3.8) is 0 Å². The maximum atomic E-state index is 14.1. The molecule has 0 aliphatic rings. The zero-order valence-electron chi connectivity index (χ0n) is 11.5. The summed E-state index contributed by atoms with van der Waals surface area (Å²) in [6.45, 7) is 2.79. The third-order valence-corrected chi connectivity index (χ3v) is 4.16. The molecule has 0 saturated carbocycles. The van der Waals surface area contributed by atoms with E-state index in [0.717, 1.165) is 16.6 Å². The standard InChI is InChI=1S/C16H15BrCl2FN/c1-2-21-15(11-6-12(17)9-13(18)7-11)8-10-4-3-5-14(19)16(10)20/h3-7,9,15,21H,2,8H2,1H3. The van der Waals surface area contributed by atoms with Crippen LogP contribution in [0.2, 0.25) is 10.0 Å². The molecule has 0 aliphatic carbocycles. The monoisotopic (exact) mass is 389 g/mol. The molecular formula is C16H15BrCl2FN. The van der Waals surface area contributed by atoms with Crippen LogP contribution < -0.4 is 5.32 Å². The van der Waals surface area contributed by atoms with Crippen LogP contribution in [0.1, 0.15) is 24.1 Å². The average Bonchev–Trinajstić information content (AvgIpc) is 2.42. The van der Waals surface area contributed by atoms with E-state index in [1.54, 1.807) is 18.2 Å². The molecule has 0 saturated heterocycles. The van der Waals surface area contributed by atoms with Crippen LogP contribution in [0, 0.1) is 5.82 Å². The minimum Gasteiger partial charge on any atom is -0.310 e. The lowest BCUT2D eigenvalue weighted by Crippen LogP contribution is -2.23. The molecule has 112 valence electrons. The number of likely N-dealkylation sites (N-methyl/N-ethyl adjacent to an activating group) is 1. The zero-order valence-corrected chi connectivity index (χ0v) is 14.6. The minimum atomic E-state index is -0.358. The van der Waals surface area contributed by atoms with Crippen LogP contribution in [0.3, 0.4) is 0 Å². The second kappa shape index (κ2) is 7.59. The summed E-state index contributed by atoms with van der Waals surface area (Å²) in [7, 11) is 0. The molecule has 1 atom stereocenters. The van der Waals surface area contributed by atoms with E-state index in [-0.39, 0.29) is 16.9 Å². The van der Waals surface area contributed by atoms with Crippen molar-refractivity contribution in [2.24, 2.45) is 0 Å². The first-order chi connectivity index (χ1) is 10.0.